The number of methoxy groups -OCH3 is 5. The van der Waals surface area contributed by atoms with Crippen molar-refractivity contribution in [2.45, 2.75) is 52.1 Å². The smallest absolute Gasteiger partial charge is 0.337 e. The van der Waals surface area contributed by atoms with Gasteiger partial charge in [-0.25, -0.2) is 81.6 Å². The number of ketones is 2. The zero-order valence-corrected chi connectivity index (χ0v) is 71.9. The molecule has 15 rings (SSSR count). The number of hydrogen-bond donors (Lipinski definition) is 1. The molecule has 6 heterocycles. The Morgan fingerprint density at radius 2 is 0.592 bits per heavy atom. The highest BCUT2D eigenvalue weighted by molar-refractivity contribution is 5.84. The molecule has 0 unspecified atom stereocenters. The Kier molecular flexibility index (Phi) is 28.3. The summed E-state index contributed by atoms with van der Waals surface area (Å²) in [7, 11) is 17.2. The van der Waals surface area contributed by atoms with E-state index in [-0.39, 0.29) is 113 Å². The van der Waals surface area contributed by atoms with Crippen LogP contribution in [0.15, 0.2) is 211 Å². The second-order valence-electron chi connectivity index (χ2n) is 30.6. The molecule has 0 aliphatic heterocycles. The van der Waals surface area contributed by atoms with E-state index in [4.69, 9.17) is 29.4 Å². The second-order valence-corrected chi connectivity index (χ2v) is 30.6. The van der Waals surface area contributed by atoms with Gasteiger partial charge in [0.1, 0.15) is 64.3 Å². The summed E-state index contributed by atoms with van der Waals surface area (Å²) in [6.07, 6.45) is 0.286. The Morgan fingerprint density at radius 3 is 0.831 bits per heavy atom. The largest absolute Gasteiger partial charge is 0.494 e. The number of anilines is 1. The second kappa shape index (κ2) is 39.6. The molecule has 0 atom stereocenters. The molecule has 674 valence electrons. The Balaban J connectivity index is 0.000000167. The average Bonchev–Trinajstić information content (AvgIpc) is 1.56. The first kappa shape index (κ1) is 92.8. The zero-order chi connectivity index (χ0) is 93.5. The minimum absolute atomic E-state index is 0.0240. The summed E-state index contributed by atoms with van der Waals surface area (Å²) in [4.78, 5) is 114. The van der Waals surface area contributed by atoms with E-state index in [1.807, 2.05) is 0 Å². The molecule has 0 spiro atoms. The number of ether oxygens (including phenoxy) is 5. The number of carbonyl (C=O) groups excluding carboxylic acids is 2. The summed E-state index contributed by atoms with van der Waals surface area (Å²) in [6.45, 7) is -1.47. The van der Waals surface area contributed by atoms with Crippen molar-refractivity contribution in [1.82, 2.24) is 71.4 Å². The van der Waals surface area contributed by atoms with Gasteiger partial charge in [-0.05, 0) is 175 Å². The first-order chi connectivity index (χ1) is 62.2. The number of carbonyl (C=O) groups is 2. The predicted molar refractivity (Wildman–Crippen MR) is 466 cm³/mol. The highest BCUT2D eigenvalue weighted by Crippen LogP contribution is 2.32. The van der Waals surface area contributed by atoms with Crippen LogP contribution in [0.1, 0.15) is 44.9 Å². The minimum atomic E-state index is -1.06. The third-order valence-electron chi connectivity index (χ3n) is 20.8. The quantitative estimate of drug-likeness (QED) is 0.0336. The number of benzene rings is 9. The Bertz CT molecular complexity index is 6890. The van der Waals surface area contributed by atoms with Gasteiger partial charge in [-0.2, -0.15) is 0 Å². The van der Waals surface area contributed by atoms with Gasteiger partial charge in [0.2, 0.25) is 0 Å². The van der Waals surface area contributed by atoms with Crippen LogP contribution in [-0.2, 0) is 71.2 Å². The lowest BCUT2D eigenvalue weighted by atomic mass is 10.1. The highest BCUT2D eigenvalue weighted by Gasteiger charge is 2.32. The zero-order valence-electron chi connectivity index (χ0n) is 71.9. The van der Waals surface area contributed by atoms with Gasteiger partial charge in [0, 0.05) is 69.1 Å². The monoisotopic (exact) mass is 1790 g/mol. The minimum Gasteiger partial charge on any atom is -0.494 e. The Morgan fingerprint density at radius 1 is 0.346 bits per heavy atom. The van der Waals surface area contributed by atoms with Crippen LogP contribution in [0.5, 0.6) is 17.2 Å². The lowest BCUT2D eigenvalue weighted by Crippen LogP contribution is -2.40. The lowest BCUT2D eigenvalue weighted by Gasteiger charge is -2.15. The molecule has 0 radical (unpaired) electrons. The normalized spacial score (nSPS) is 11.5. The molecule has 0 saturated carbocycles. The fourth-order valence-corrected chi connectivity index (χ4v) is 14.8. The topological polar surface area (TPSA) is 301 Å². The molecule has 2 N–H and O–H groups in total. The van der Waals surface area contributed by atoms with Crippen LogP contribution >= 0.6 is 0 Å². The maximum Gasteiger partial charge on any atom is 0.337 e. The summed E-state index contributed by atoms with van der Waals surface area (Å²) in [5, 5.41) is 13.7. The molecule has 6 aromatic heterocycles. The molecule has 9 aromatic carbocycles. The number of nitrogens with zero attached hydrogens (tertiary/aromatic N) is 15. The van der Waals surface area contributed by atoms with Crippen molar-refractivity contribution in [1.29, 1.82) is 0 Å². The van der Waals surface area contributed by atoms with Gasteiger partial charge >= 0.3 is 17.1 Å². The van der Waals surface area contributed by atoms with Crippen LogP contribution in [-0.4, -0.2) is 174 Å². The van der Waals surface area contributed by atoms with Gasteiger partial charge in [0.25, 0.3) is 16.7 Å². The van der Waals surface area contributed by atoms with Crippen LogP contribution < -0.4 is 53.7 Å². The van der Waals surface area contributed by atoms with Crippen LogP contribution in [0.25, 0.3) is 67.2 Å². The predicted octanol–water partition coefficient (Wildman–Crippen LogP) is 10.7. The number of halogens is 9. The van der Waals surface area contributed by atoms with Gasteiger partial charge in [-0.15, -0.1) is 15.3 Å². The fourth-order valence-electron chi connectivity index (χ4n) is 14.8. The number of rotatable bonds is 29. The first-order valence-corrected chi connectivity index (χ1v) is 39.8. The molecule has 0 aliphatic rings. The molecule has 0 fully saturated rings. The summed E-state index contributed by atoms with van der Waals surface area (Å²) in [5.41, 5.74) is 1.66. The molecule has 130 heavy (non-hydrogen) atoms. The Hall–Kier alpha value is -14.9. The number of fused-ring (bicyclic) bond motifs is 3. The summed E-state index contributed by atoms with van der Waals surface area (Å²) in [5.74, 6) is -9.15. The number of aromatic nitrogens is 12. The maximum atomic E-state index is 15.5. The molecule has 0 saturated heterocycles. The van der Waals surface area contributed by atoms with Crippen LogP contribution in [0, 0.1) is 52.4 Å². The van der Waals surface area contributed by atoms with Crippen molar-refractivity contribution in [3.8, 4) is 51.4 Å². The van der Waals surface area contributed by atoms with Gasteiger partial charge in [-0.1, -0.05) is 60.7 Å². The summed E-state index contributed by atoms with van der Waals surface area (Å²) >= 11 is 0. The maximum absolute atomic E-state index is 15.5. The molecule has 0 bridgehead atoms. The van der Waals surface area contributed by atoms with E-state index in [1.165, 1.54) is 122 Å². The average molecular weight is 1790 g/mol. The van der Waals surface area contributed by atoms with Crippen molar-refractivity contribution in [3.63, 3.8) is 0 Å². The lowest BCUT2D eigenvalue weighted by molar-refractivity contribution is -0.122. The number of hydrogen-bond acceptors (Lipinski definition) is 20. The molecule has 38 heteroatoms. The van der Waals surface area contributed by atoms with Crippen molar-refractivity contribution >= 4 is 50.4 Å². The van der Waals surface area contributed by atoms with Gasteiger partial charge < -0.3 is 44.1 Å². The van der Waals surface area contributed by atoms with E-state index in [1.54, 1.807) is 130 Å². The molecule has 15 aromatic rings. The number of Topliss-reactive ketones (excluding diaryl/α,β-unsaturated/α-hetero) is 2. The van der Waals surface area contributed by atoms with Crippen LogP contribution in [0.4, 0.5) is 45.2 Å². The third kappa shape index (κ3) is 18.8. The number of nitrogens with two attached hydrogens (primary N) is 1. The van der Waals surface area contributed by atoms with Crippen molar-refractivity contribution in [2.75, 3.05) is 96.8 Å². The molecule has 29 nitrogen and oxygen atoms in total. The fraction of sp³-hybridized carbons (Fsp3) is 0.228. The molecule has 0 amide bonds. The Labute approximate surface area is 733 Å². The molecular weight excluding hydrogens is 1710 g/mol. The summed E-state index contributed by atoms with van der Waals surface area (Å²) in [6, 6.07) is 42.2. The van der Waals surface area contributed by atoms with Crippen molar-refractivity contribution in [2.24, 2.45) is 0 Å². The number of nitrogen functional groups attached to an aromatic ring is 1. The van der Waals surface area contributed by atoms with E-state index in [2.05, 4.69) is 15.3 Å². The van der Waals surface area contributed by atoms with Gasteiger partial charge in [-0.3, -0.25) is 37.7 Å². The third-order valence-corrected chi connectivity index (χ3v) is 20.8. The van der Waals surface area contributed by atoms with E-state index < -0.39 is 134 Å². The SMILES string of the molecule is COCC(=O)Cc1ccc(-n2nc3c(c2CN(C)C)c(=O)n(-c2cccc(OC)c2F)c(=O)n3Cc2c(F)cccc2F)cc1.COCC(=O)Cc1ccc(-n2nc3c(c2CN(C)C)c(=O)n(-c2cccc(OC)c2F)c(=O)n3Cc2c(F)cccc2F)cc1.COc1cccc(-n2c(=O)c3c(CN(C)C)n(-c4ccc(N)cc4)nc3n(Cc3c(F)cccc3F)c2=O)c1F. The van der Waals surface area contributed by atoms with Crippen LogP contribution in [0.3, 0.4) is 0 Å². The summed E-state index contributed by atoms with van der Waals surface area (Å²) < 4.78 is 170. The van der Waals surface area contributed by atoms with E-state index in [0.29, 0.717) is 53.5 Å². The van der Waals surface area contributed by atoms with Crippen LogP contribution in [0.2, 0.25) is 0 Å². The van der Waals surface area contributed by atoms with Gasteiger partial charge in [0.15, 0.2) is 63.2 Å². The van der Waals surface area contributed by atoms with E-state index >= 15 is 13.2 Å². The van der Waals surface area contributed by atoms with Gasteiger partial charge in [0.05, 0.1) is 92.2 Å². The molecular formula is C92H85F9N16O13. The van der Waals surface area contributed by atoms with E-state index in [9.17, 15) is 64.7 Å². The molecule has 0 aliphatic carbocycles. The van der Waals surface area contributed by atoms with Crippen molar-refractivity contribution < 1.29 is 72.8 Å². The highest BCUT2D eigenvalue weighted by atomic mass is 19.2. The van der Waals surface area contributed by atoms with Crippen molar-refractivity contribution in [3.05, 3.63) is 342 Å². The standard InChI is InChI=1S/2C32H30F3N5O5.C28H25F3N6O3/c2*1-37(2)17-26-28-30(36-40(26)20-13-11-19(12-14-20)15-21(41)18-44-3)38(16-22-23(33)7-5-8-24(22)34)32(43)39(31(28)42)25-9-6-10-27(45-4)29(25)35;1-34(2)15-22-24-26(33-37(22)17-12-10-16(32)11-13-17)35(14-18-19(29)6-4-7-20(18)30)28(39)36(27(24)38)21-8-5-9-23(40-3)25(21)31/h2*5-14H,15-18H2,1-4H3;4-13H,14-15,32H2,1-3H3. The first-order valence-electron chi connectivity index (χ1n) is 39.8. The van der Waals surface area contributed by atoms with E-state index in [0.717, 1.165) is 61.2 Å².